The molecule has 8 heteroatoms. The molecule has 0 aliphatic carbocycles. The molecule has 76 valence electrons. The molecule has 0 heterocycles. The van der Waals surface area contributed by atoms with E-state index in [-0.39, 0.29) is 17.6 Å². The molecule has 0 unspecified atom stereocenters. The Labute approximate surface area is 81.6 Å². The van der Waals surface area contributed by atoms with Gasteiger partial charge in [-0.15, -0.1) is 0 Å². The third kappa shape index (κ3) is 22.4. The van der Waals surface area contributed by atoms with Gasteiger partial charge in [-0.1, -0.05) is 6.04 Å². The van der Waals surface area contributed by atoms with Crippen molar-refractivity contribution in [2.75, 3.05) is 7.11 Å². The molecule has 1 nitrogen and oxygen atoms in total. The number of halogens is 3. The van der Waals surface area contributed by atoms with Gasteiger partial charge in [0.15, 0.2) is 0 Å². The first-order chi connectivity index (χ1) is 5.47. The summed E-state index contributed by atoms with van der Waals surface area (Å²) in [6.07, 6.45) is -4.38. The standard InChI is InChI=1S/C3H11F3Si3.CH6OSi/c4-3(5,6)1-2-8-9-7;1-2-3/h1-2,8-9H2,7H3;1,3H3. The van der Waals surface area contributed by atoms with E-state index in [2.05, 4.69) is 4.43 Å². The van der Waals surface area contributed by atoms with E-state index in [1.54, 1.807) is 7.11 Å². The van der Waals surface area contributed by atoms with E-state index in [0.717, 1.165) is 10.5 Å². The Bertz CT molecular complexity index is 88.9. The Morgan fingerprint density at radius 1 is 1.42 bits per heavy atom. The van der Waals surface area contributed by atoms with Crippen molar-refractivity contribution in [2.45, 2.75) is 18.6 Å². The highest BCUT2D eigenvalue weighted by molar-refractivity contribution is 7.23. The number of rotatable bonds is 3. The molecule has 0 N–H and O–H groups in total. The van der Waals surface area contributed by atoms with Gasteiger partial charge in [-0.25, -0.2) is 0 Å². The predicted octanol–water partition coefficient (Wildman–Crippen LogP) is -2.20. The summed E-state index contributed by atoms with van der Waals surface area (Å²) in [6, 6.07) is 0.513. The van der Waals surface area contributed by atoms with Crippen LogP contribution < -0.4 is 0 Å². The molecule has 0 saturated carbocycles. The molecule has 0 spiro atoms. The first-order valence-corrected chi connectivity index (χ1v) is 15.4. The van der Waals surface area contributed by atoms with Gasteiger partial charge in [0.05, 0.1) is 0 Å². The number of hydrogen-bond acceptors (Lipinski definition) is 1. The zero-order chi connectivity index (χ0) is 10.0. The highest BCUT2D eigenvalue weighted by Gasteiger charge is 2.25. The lowest BCUT2D eigenvalue weighted by molar-refractivity contribution is -0.130. The smallest absolute Gasteiger partial charge is 0.388 e. The fourth-order valence-electron chi connectivity index (χ4n) is 0.575. The van der Waals surface area contributed by atoms with Crippen molar-refractivity contribution in [3.63, 3.8) is 0 Å². The van der Waals surface area contributed by atoms with Crippen molar-refractivity contribution in [1.82, 2.24) is 0 Å². The van der Waals surface area contributed by atoms with Crippen LogP contribution in [0.4, 0.5) is 13.2 Å². The van der Waals surface area contributed by atoms with E-state index in [1.165, 1.54) is 9.76 Å². The molecule has 0 rings (SSSR count). The first kappa shape index (κ1) is 15.1. The molecule has 0 aromatic heterocycles. The quantitative estimate of drug-likeness (QED) is 0.408. The van der Waals surface area contributed by atoms with Crippen LogP contribution in [0.5, 0.6) is 0 Å². The summed E-state index contributed by atoms with van der Waals surface area (Å²) in [5.74, 6) is 0. The van der Waals surface area contributed by atoms with Crippen molar-refractivity contribution < 1.29 is 17.6 Å². The van der Waals surface area contributed by atoms with E-state index in [4.69, 9.17) is 0 Å². The summed E-state index contributed by atoms with van der Waals surface area (Å²) in [7, 11) is 3.72. The van der Waals surface area contributed by atoms with Crippen molar-refractivity contribution in [1.29, 1.82) is 0 Å². The van der Waals surface area contributed by atoms with E-state index in [9.17, 15) is 13.2 Å². The summed E-state index contributed by atoms with van der Waals surface area (Å²) < 4.78 is 38.7. The van der Waals surface area contributed by atoms with Crippen LogP contribution in [0.2, 0.25) is 6.04 Å². The normalized spacial score (nSPS) is 13.0. The van der Waals surface area contributed by atoms with Gasteiger partial charge in [0.2, 0.25) is 0 Å². The van der Waals surface area contributed by atoms with E-state index >= 15 is 0 Å². The maximum atomic E-state index is 11.4. The third-order valence-corrected chi connectivity index (χ3v) is 12.6. The average molecular weight is 251 g/mol. The van der Waals surface area contributed by atoms with Gasteiger partial charge in [0, 0.05) is 22.6 Å². The largest absolute Gasteiger partial charge is 0.431 e. The predicted molar refractivity (Wildman–Crippen MR) is 59.5 cm³/mol. The van der Waals surface area contributed by atoms with Crippen LogP contribution >= 0.6 is 0 Å². The minimum atomic E-state index is -3.88. The summed E-state index contributed by atoms with van der Waals surface area (Å²) >= 11 is 0. The van der Waals surface area contributed by atoms with Gasteiger partial charge in [-0.05, 0) is 18.3 Å². The highest BCUT2D eigenvalue weighted by atomic mass is 29.5. The molecule has 0 saturated heterocycles. The lowest BCUT2D eigenvalue weighted by Gasteiger charge is -2.02. The zero-order valence-corrected chi connectivity index (χ0v) is 14.7. The van der Waals surface area contributed by atoms with Gasteiger partial charge in [-0.3, -0.25) is 0 Å². The molecule has 0 radical (unpaired) electrons. The summed E-state index contributed by atoms with van der Waals surface area (Å²) in [4.78, 5) is 0. The molecule has 0 aliphatic heterocycles. The molecule has 0 aromatic rings. The molecule has 0 aromatic carbocycles. The molecule has 0 amide bonds. The molecular weight excluding hydrogens is 233 g/mol. The molecule has 0 atom stereocenters. The Hall–Kier alpha value is 0.618. The number of hydrogen-bond donors (Lipinski definition) is 0. The molecule has 12 heavy (non-hydrogen) atoms. The Balaban J connectivity index is 0. The van der Waals surface area contributed by atoms with Crippen molar-refractivity contribution >= 4 is 37.8 Å². The van der Waals surface area contributed by atoms with Gasteiger partial charge in [-0.2, -0.15) is 13.2 Å². The minimum Gasteiger partial charge on any atom is -0.431 e. The van der Waals surface area contributed by atoms with Crippen LogP contribution in [-0.4, -0.2) is 51.1 Å². The Morgan fingerprint density at radius 3 is 2.08 bits per heavy atom. The fourth-order valence-corrected chi connectivity index (χ4v) is 8.48. The summed E-state index contributed by atoms with van der Waals surface area (Å²) in [5, 5.41) is 0. The third-order valence-electron chi connectivity index (χ3n) is 1.06. The highest BCUT2D eigenvalue weighted by Crippen LogP contribution is 2.20. The SMILES string of the molecule is CO[SiH3].FC(F)(F)CC[SiH2][SiH2][SiH3]. The van der Waals surface area contributed by atoms with E-state index < -0.39 is 12.6 Å². The molecule has 0 aliphatic rings. The topological polar surface area (TPSA) is 9.23 Å². The molecule has 0 bridgehead atoms. The van der Waals surface area contributed by atoms with Crippen molar-refractivity contribution in [2.24, 2.45) is 0 Å². The minimum absolute atomic E-state index is 0.123. The van der Waals surface area contributed by atoms with Gasteiger partial charge in [0.25, 0.3) is 0 Å². The Kier molecular flexibility index (Phi) is 12.2. The van der Waals surface area contributed by atoms with E-state index in [1.807, 2.05) is 0 Å². The van der Waals surface area contributed by atoms with Crippen LogP contribution in [0.15, 0.2) is 0 Å². The maximum absolute atomic E-state index is 11.4. The van der Waals surface area contributed by atoms with Gasteiger partial charge in [0.1, 0.15) is 10.5 Å². The van der Waals surface area contributed by atoms with Crippen LogP contribution in [0.25, 0.3) is 0 Å². The summed E-state index contributed by atoms with van der Waals surface area (Å²) in [5.41, 5.74) is 0. The van der Waals surface area contributed by atoms with Crippen LogP contribution in [0.3, 0.4) is 0 Å². The number of alkyl halides is 3. The van der Waals surface area contributed by atoms with Crippen LogP contribution in [-0.2, 0) is 4.43 Å². The molecular formula is C4H17F3OSi4. The lowest BCUT2D eigenvalue weighted by atomic mass is 10.5. The van der Waals surface area contributed by atoms with Crippen LogP contribution in [0.1, 0.15) is 6.42 Å². The lowest BCUT2D eigenvalue weighted by Crippen LogP contribution is -2.11. The fraction of sp³-hybridized carbons (Fsp3) is 1.00. The van der Waals surface area contributed by atoms with E-state index in [0.29, 0.717) is 6.04 Å². The van der Waals surface area contributed by atoms with Crippen molar-refractivity contribution in [3.05, 3.63) is 0 Å². The van der Waals surface area contributed by atoms with Gasteiger partial charge >= 0.3 is 6.18 Å². The first-order valence-electron chi connectivity index (χ1n) is 3.94. The average Bonchev–Trinajstić information content (AvgIpc) is 1.87. The summed E-state index contributed by atoms with van der Waals surface area (Å²) in [6.45, 7) is 0. The second kappa shape index (κ2) is 9.70. The second-order valence-corrected chi connectivity index (χ2v) is 19.8. The maximum Gasteiger partial charge on any atom is 0.388 e. The Morgan fingerprint density at radius 2 is 1.83 bits per heavy atom. The van der Waals surface area contributed by atoms with Gasteiger partial charge < -0.3 is 4.43 Å². The second-order valence-electron chi connectivity index (χ2n) is 2.48. The monoisotopic (exact) mass is 250 g/mol. The van der Waals surface area contributed by atoms with Crippen LogP contribution in [0, 0.1) is 0 Å². The van der Waals surface area contributed by atoms with Crippen molar-refractivity contribution in [3.8, 4) is 0 Å². The zero-order valence-electron chi connectivity index (χ0n) is 7.87. The molecule has 0 fully saturated rings.